The molecule has 2 aromatic rings. The molecule has 1 aliphatic rings. The van der Waals surface area contributed by atoms with Crippen LogP contribution in [0.15, 0.2) is 42.5 Å². The van der Waals surface area contributed by atoms with Crippen molar-refractivity contribution >= 4 is 69.7 Å². The number of amides is 9. The Labute approximate surface area is 421 Å². The zero-order valence-electron chi connectivity index (χ0n) is 42.7. The molecule has 72 heavy (non-hydrogen) atoms. The largest absolute Gasteiger partial charge is 0.391 e. The highest BCUT2D eigenvalue weighted by molar-refractivity contribution is 6.38. The van der Waals surface area contributed by atoms with Gasteiger partial charge in [-0.3, -0.25) is 47.9 Å². The summed E-state index contributed by atoms with van der Waals surface area (Å²) in [5, 5.41) is 40.5. The lowest BCUT2D eigenvalue weighted by atomic mass is 10.0. The highest BCUT2D eigenvalue weighted by atomic mass is 16.3. The number of ketones is 1. The number of nitrogens with zero attached hydrogens (tertiary/aromatic N) is 1. The van der Waals surface area contributed by atoms with Crippen molar-refractivity contribution in [3.05, 3.63) is 48.0 Å². The summed E-state index contributed by atoms with van der Waals surface area (Å²) in [4.78, 5) is 133. The summed E-state index contributed by atoms with van der Waals surface area (Å²) in [6, 6.07) is 3.07. The van der Waals surface area contributed by atoms with Gasteiger partial charge in [-0.2, -0.15) is 0 Å². The SMILES string of the molecule is CCCCCCCCCC(=O)N[C@@H](CC(C)C)C(=O)N[C@H](C(=O)N1CCC[C@H]1C(=O)N[C@H](C(=O)N[C@@H](C)C(=O)N[C@@H](CC(N)=O)C(=O)N[C@@H](C)C(=O)C(=O)NCc1cccc2ccccc12)[C@@H](C)O)[C@@H](C)O. The van der Waals surface area contributed by atoms with Gasteiger partial charge in [-0.1, -0.05) is 102 Å². The van der Waals surface area contributed by atoms with E-state index in [2.05, 4.69) is 44.1 Å². The molecule has 1 saturated heterocycles. The molecule has 1 fully saturated rings. The molecule has 0 spiro atoms. The Balaban J connectivity index is 1.60. The van der Waals surface area contributed by atoms with Crippen LogP contribution < -0.4 is 43.0 Å². The number of fused-ring (bicyclic) bond motifs is 1. The highest BCUT2D eigenvalue weighted by Gasteiger charge is 2.42. The maximum Gasteiger partial charge on any atom is 0.289 e. The maximum atomic E-state index is 14.0. The number of aliphatic hydroxyl groups is 2. The first-order valence-electron chi connectivity index (χ1n) is 25.1. The van der Waals surface area contributed by atoms with E-state index in [0.717, 1.165) is 53.3 Å². The van der Waals surface area contributed by atoms with Crippen molar-refractivity contribution in [2.75, 3.05) is 6.54 Å². The van der Waals surface area contributed by atoms with Crippen molar-refractivity contribution in [3.63, 3.8) is 0 Å². The Kier molecular flexibility index (Phi) is 24.7. The molecule has 0 radical (unpaired) electrons. The number of hydrogen-bond acceptors (Lipinski definition) is 12. The molecule has 9 atom stereocenters. The van der Waals surface area contributed by atoms with Crippen LogP contribution >= 0.6 is 0 Å². The van der Waals surface area contributed by atoms with Gasteiger partial charge >= 0.3 is 0 Å². The maximum absolute atomic E-state index is 14.0. The average Bonchev–Trinajstić information content (AvgIpc) is 3.82. The predicted octanol–water partition coefficient (Wildman–Crippen LogP) is 0.788. The van der Waals surface area contributed by atoms with Crippen molar-refractivity contribution in [1.29, 1.82) is 0 Å². The molecular formula is C51H77N9O12. The third-order valence-electron chi connectivity index (χ3n) is 12.4. The molecule has 2 aromatic carbocycles. The molecule has 0 saturated carbocycles. The van der Waals surface area contributed by atoms with Crippen LogP contribution in [0, 0.1) is 5.92 Å². The molecule has 9 amide bonds. The first kappa shape index (κ1) is 59.8. The molecule has 0 unspecified atom stereocenters. The van der Waals surface area contributed by atoms with E-state index in [1.807, 2.05) is 44.2 Å². The Morgan fingerprint density at radius 2 is 1.28 bits per heavy atom. The Bertz CT molecular complexity index is 2210. The first-order valence-corrected chi connectivity index (χ1v) is 25.1. The number of aliphatic hydroxyl groups excluding tert-OH is 2. The molecule has 1 aliphatic heterocycles. The molecule has 1 heterocycles. The van der Waals surface area contributed by atoms with Crippen molar-refractivity contribution < 1.29 is 58.2 Å². The molecule has 398 valence electrons. The summed E-state index contributed by atoms with van der Waals surface area (Å²) in [6.07, 6.45) is 4.36. The minimum Gasteiger partial charge on any atom is -0.391 e. The zero-order chi connectivity index (χ0) is 53.7. The van der Waals surface area contributed by atoms with Gasteiger partial charge in [-0.15, -0.1) is 0 Å². The number of unbranched alkanes of at least 4 members (excludes halogenated alkanes) is 6. The second-order valence-electron chi connectivity index (χ2n) is 19.1. The number of hydrogen-bond donors (Lipinski definition) is 10. The standard InChI is InChI=1S/C51H77N9O12/c1-8-9-10-11-12-13-14-24-41(64)56-37(26-29(2)3)47(68)59-43(33(7)62)51(72)60-25-18-23-39(60)48(69)58-42(32(6)61)49(70)55-31(5)45(66)57-38(27-40(52)63)46(67)54-30(4)44(65)50(71)53-28-35-21-17-20-34-19-15-16-22-36(34)35/h15-17,19-22,29-33,37-39,42-43,61-62H,8-14,18,23-28H2,1-7H3,(H2,52,63)(H,53,71)(H,54,67)(H,55,70)(H,56,64)(H,57,66)(H,58,69)(H,59,68)/t30-,31-,32+,33+,37-,38-,39-,42-,43-/m0/s1. The normalized spacial score (nSPS) is 16.7. The number of likely N-dealkylation sites (tertiary alicyclic amines) is 1. The van der Waals surface area contributed by atoms with Gasteiger partial charge in [-0.25, -0.2) is 0 Å². The summed E-state index contributed by atoms with van der Waals surface area (Å²) in [5.41, 5.74) is 6.10. The number of carbonyl (C=O) groups is 10. The molecular weight excluding hydrogens is 931 g/mol. The topological polar surface area (TPSA) is 325 Å². The van der Waals surface area contributed by atoms with Crippen LogP contribution in [0.2, 0.25) is 0 Å². The number of nitrogens with one attached hydrogen (secondary N) is 7. The van der Waals surface area contributed by atoms with Crippen molar-refractivity contribution in [2.45, 2.75) is 187 Å². The predicted molar refractivity (Wildman–Crippen MR) is 268 cm³/mol. The van der Waals surface area contributed by atoms with Crippen molar-refractivity contribution in [3.8, 4) is 0 Å². The molecule has 11 N–H and O–H groups in total. The van der Waals surface area contributed by atoms with Gasteiger partial charge in [0.15, 0.2) is 0 Å². The number of benzene rings is 2. The highest BCUT2D eigenvalue weighted by Crippen LogP contribution is 2.21. The van der Waals surface area contributed by atoms with Gasteiger partial charge in [-0.05, 0) is 75.6 Å². The lowest BCUT2D eigenvalue weighted by Gasteiger charge is -2.32. The number of Topliss-reactive ketones (excluding diaryl/α,β-unsaturated/α-hetero) is 1. The Morgan fingerprint density at radius 1 is 0.667 bits per heavy atom. The van der Waals surface area contributed by atoms with Gasteiger partial charge in [0.05, 0.1) is 24.7 Å². The van der Waals surface area contributed by atoms with E-state index in [4.69, 9.17) is 5.73 Å². The fourth-order valence-electron chi connectivity index (χ4n) is 8.35. The molecule has 0 aromatic heterocycles. The molecule has 21 nitrogen and oxygen atoms in total. The third-order valence-corrected chi connectivity index (χ3v) is 12.4. The summed E-state index contributed by atoms with van der Waals surface area (Å²) in [7, 11) is 0. The van der Waals surface area contributed by atoms with Crippen LogP contribution in [0.1, 0.15) is 131 Å². The van der Waals surface area contributed by atoms with Gasteiger partial charge in [0, 0.05) is 19.5 Å². The monoisotopic (exact) mass is 1010 g/mol. The molecule has 0 aliphatic carbocycles. The lowest BCUT2D eigenvalue weighted by molar-refractivity contribution is -0.145. The second kappa shape index (κ2) is 29.8. The molecule has 21 heteroatoms. The van der Waals surface area contributed by atoms with E-state index in [1.165, 1.54) is 34.1 Å². The fraction of sp³-hybridized carbons (Fsp3) is 0.608. The molecule has 0 bridgehead atoms. The number of rotatable bonds is 30. The van der Waals surface area contributed by atoms with E-state index in [-0.39, 0.29) is 44.2 Å². The van der Waals surface area contributed by atoms with E-state index in [1.54, 1.807) is 12.1 Å². The van der Waals surface area contributed by atoms with E-state index < -0.39 is 114 Å². The van der Waals surface area contributed by atoms with Crippen LogP contribution in [-0.2, 0) is 54.5 Å². The smallest absolute Gasteiger partial charge is 0.289 e. The first-order chi connectivity index (χ1) is 34.0. The quantitative estimate of drug-likeness (QED) is 0.0384. The summed E-state index contributed by atoms with van der Waals surface area (Å²) < 4.78 is 0. The van der Waals surface area contributed by atoms with Crippen molar-refractivity contribution in [1.82, 2.24) is 42.1 Å². The number of carbonyl (C=O) groups excluding carboxylic acids is 10. The van der Waals surface area contributed by atoms with Crippen LogP contribution in [0.5, 0.6) is 0 Å². The van der Waals surface area contributed by atoms with E-state index in [0.29, 0.717) is 12.8 Å². The minimum absolute atomic E-state index is 0.0164. The second-order valence-corrected chi connectivity index (χ2v) is 19.1. The van der Waals surface area contributed by atoms with Crippen LogP contribution in [0.3, 0.4) is 0 Å². The lowest BCUT2D eigenvalue weighted by Crippen LogP contribution is -2.62. The van der Waals surface area contributed by atoms with Gasteiger partial charge in [0.1, 0.15) is 36.3 Å². The average molecular weight is 1010 g/mol. The van der Waals surface area contributed by atoms with Crippen LogP contribution in [0.25, 0.3) is 10.8 Å². The van der Waals surface area contributed by atoms with Gasteiger partial charge in [0.25, 0.3) is 5.91 Å². The number of primary amides is 1. The van der Waals surface area contributed by atoms with Crippen LogP contribution in [-0.4, -0.2) is 135 Å². The van der Waals surface area contributed by atoms with Crippen molar-refractivity contribution in [2.24, 2.45) is 11.7 Å². The van der Waals surface area contributed by atoms with Gasteiger partial charge < -0.3 is 58.1 Å². The summed E-state index contributed by atoms with van der Waals surface area (Å²) in [6.45, 7) is 10.9. The zero-order valence-corrected chi connectivity index (χ0v) is 42.7. The van der Waals surface area contributed by atoms with Gasteiger partial charge in [0.2, 0.25) is 53.0 Å². The third kappa shape index (κ3) is 18.9. The Morgan fingerprint density at radius 3 is 1.92 bits per heavy atom. The number of nitrogens with two attached hydrogens (primary N) is 1. The summed E-state index contributed by atoms with van der Waals surface area (Å²) >= 11 is 0. The Hall–Kier alpha value is -6.48. The fourth-order valence-corrected chi connectivity index (χ4v) is 8.35. The van der Waals surface area contributed by atoms with E-state index in [9.17, 15) is 58.2 Å². The molecule has 3 rings (SSSR count). The minimum atomic E-state index is -1.68. The van der Waals surface area contributed by atoms with Crippen LogP contribution in [0.4, 0.5) is 0 Å². The van der Waals surface area contributed by atoms with E-state index >= 15 is 0 Å². The summed E-state index contributed by atoms with van der Waals surface area (Å²) in [5.74, 6) is -8.75.